The lowest BCUT2D eigenvalue weighted by atomic mass is 10.1. The highest BCUT2D eigenvalue weighted by atomic mass is 35.5. The van der Waals surface area contributed by atoms with Gasteiger partial charge in [-0.2, -0.15) is 0 Å². The van der Waals surface area contributed by atoms with Crippen LogP contribution in [0.5, 0.6) is 0 Å². The first-order valence-corrected chi connectivity index (χ1v) is 11.5. The number of aliphatic imine (C=N–C) groups is 1. The van der Waals surface area contributed by atoms with Crippen molar-refractivity contribution in [1.29, 1.82) is 0 Å². The predicted molar refractivity (Wildman–Crippen MR) is 133 cm³/mol. The van der Waals surface area contributed by atoms with Crippen molar-refractivity contribution >= 4 is 40.5 Å². The van der Waals surface area contributed by atoms with Crippen LogP contribution in [0.4, 0.5) is 4.79 Å². The molecule has 9 heteroatoms. The number of rotatable bonds is 6. The van der Waals surface area contributed by atoms with Gasteiger partial charge in [0.2, 0.25) is 0 Å². The number of hydrogen-bond donors (Lipinski definition) is 1. The summed E-state index contributed by atoms with van der Waals surface area (Å²) in [4.78, 5) is 31.8. The lowest BCUT2D eigenvalue weighted by molar-refractivity contribution is 0.101. The molecule has 1 aliphatic heterocycles. The molecule has 2 amide bonds. The van der Waals surface area contributed by atoms with Crippen molar-refractivity contribution in [3.05, 3.63) is 53.6 Å². The zero-order valence-corrected chi connectivity index (χ0v) is 19.9. The molecule has 3 heterocycles. The molecule has 0 radical (unpaired) electrons. The zero-order valence-electron chi connectivity index (χ0n) is 19.2. The van der Waals surface area contributed by atoms with E-state index >= 15 is 0 Å². The monoisotopic (exact) mass is 467 g/mol. The Hall–Kier alpha value is -2.97. The highest BCUT2D eigenvalue weighted by molar-refractivity contribution is 6.29. The summed E-state index contributed by atoms with van der Waals surface area (Å²) in [6.45, 7) is 7.37. The van der Waals surface area contributed by atoms with Crippen LogP contribution in [-0.2, 0) is 0 Å². The molecule has 2 fully saturated rings. The van der Waals surface area contributed by atoms with Gasteiger partial charge in [0.15, 0.2) is 0 Å². The third-order valence-corrected chi connectivity index (χ3v) is 6.33. The van der Waals surface area contributed by atoms with Gasteiger partial charge in [-0.05, 0) is 37.5 Å². The molecule has 2 N–H and O–H groups in total. The van der Waals surface area contributed by atoms with Crippen molar-refractivity contribution in [3.63, 3.8) is 0 Å². The van der Waals surface area contributed by atoms with Crippen molar-refractivity contribution in [3.8, 4) is 0 Å². The van der Waals surface area contributed by atoms with Gasteiger partial charge in [0, 0.05) is 75.7 Å². The molecule has 174 valence electrons. The SMILES string of the molecule is C=C1CN(CCCN=CC(=CN)c2cnc3ccc(Cl)nc3c2)CC2(CC2)N1C(=O)N(C)C. The maximum absolute atomic E-state index is 12.6. The third-order valence-electron chi connectivity index (χ3n) is 6.12. The van der Waals surface area contributed by atoms with Crippen molar-refractivity contribution in [2.75, 3.05) is 40.3 Å². The maximum atomic E-state index is 12.6. The molecule has 0 bridgehead atoms. The molecule has 0 aromatic carbocycles. The maximum Gasteiger partial charge on any atom is 0.324 e. The summed E-state index contributed by atoms with van der Waals surface area (Å²) in [6.07, 6.45) is 8.04. The largest absolute Gasteiger partial charge is 0.404 e. The summed E-state index contributed by atoms with van der Waals surface area (Å²) < 4.78 is 0. The highest BCUT2D eigenvalue weighted by Crippen LogP contribution is 2.47. The molecule has 2 aliphatic rings. The van der Waals surface area contributed by atoms with Gasteiger partial charge < -0.3 is 10.6 Å². The van der Waals surface area contributed by atoms with Gasteiger partial charge in [-0.25, -0.2) is 9.78 Å². The quantitative estimate of drug-likeness (QED) is 0.399. The fourth-order valence-corrected chi connectivity index (χ4v) is 4.49. The van der Waals surface area contributed by atoms with E-state index in [9.17, 15) is 4.79 Å². The highest BCUT2D eigenvalue weighted by Gasteiger charge is 2.54. The molecular weight excluding hydrogens is 438 g/mol. The number of nitrogens with zero attached hydrogens (tertiary/aromatic N) is 6. The van der Waals surface area contributed by atoms with E-state index in [-0.39, 0.29) is 11.6 Å². The van der Waals surface area contributed by atoms with E-state index in [1.807, 2.05) is 17.0 Å². The molecule has 4 rings (SSSR count). The Morgan fingerprint density at radius 3 is 2.85 bits per heavy atom. The smallest absolute Gasteiger partial charge is 0.324 e. The van der Waals surface area contributed by atoms with E-state index in [0.717, 1.165) is 54.7 Å². The summed E-state index contributed by atoms with van der Waals surface area (Å²) in [5.74, 6) is 0. The Bertz CT molecular complexity index is 1120. The molecule has 0 atom stereocenters. The molecule has 1 saturated heterocycles. The first kappa shape index (κ1) is 23.2. The fraction of sp³-hybridized carbons (Fsp3) is 0.417. The number of hydrogen-bond acceptors (Lipinski definition) is 6. The normalized spacial score (nSPS) is 18.5. The average Bonchev–Trinajstić information content (AvgIpc) is 3.54. The Labute approximate surface area is 199 Å². The first-order chi connectivity index (χ1) is 15.8. The van der Waals surface area contributed by atoms with Crippen molar-refractivity contribution in [1.82, 2.24) is 24.7 Å². The van der Waals surface area contributed by atoms with E-state index < -0.39 is 0 Å². The molecule has 2 aromatic rings. The number of carbonyl (C=O) groups is 1. The lowest BCUT2D eigenvalue weighted by Crippen LogP contribution is -2.57. The number of amides is 2. The van der Waals surface area contributed by atoms with Crippen LogP contribution in [0.25, 0.3) is 16.6 Å². The number of piperazine rings is 1. The Morgan fingerprint density at radius 1 is 1.36 bits per heavy atom. The van der Waals surface area contributed by atoms with Crippen LogP contribution in [0, 0.1) is 0 Å². The van der Waals surface area contributed by atoms with Crippen molar-refractivity contribution < 1.29 is 4.79 Å². The molecule has 8 nitrogen and oxygen atoms in total. The number of fused-ring (bicyclic) bond motifs is 1. The first-order valence-electron chi connectivity index (χ1n) is 11.1. The predicted octanol–water partition coefficient (Wildman–Crippen LogP) is 3.39. The summed E-state index contributed by atoms with van der Waals surface area (Å²) in [6, 6.07) is 5.50. The number of halogens is 1. The average molecular weight is 468 g/mol. The Kier molecular flexibility index (Phi) is 6.67. The van der Waals surface area contributed by atoms with Gasteiger partial charge in [-0.15, -0.1) is 0 Å². The van der Waals surface area contributed by atoms with E-state index in [4.69, 9.17) is 17.3 Å². The van der Waals surface area contributed by atoms with Crippen LogP contribution in [0.3, 0.4) is 0 Å². The van der Waals surface area contributed by atoms with E-state index in [0.29, 0.717) is 23.8 Å². The van der Waals surface area contributed by atoms with Gasteiger partial charge in [-0.1, -0.05) is 18.2 Å². The van der Waals surface area contributed by atoms with Crippen LogP contribution in [0.2, 0.25) is 5.15 Å². The Morgan fingerprint density at radius 2 is 2.15 bits per heavy atom. The second-order valence-electron chi connectivity index (χ2n) is 8.92. The van der Waals surface area contributed by atoms with Crippen molar-refractivity contribution in [2.24, 2.45) is 10.7 Å². The minimum atomic E-state index is -0.0740. The fourth-order valence-electron chi connectivity index (χ4n) is 4.33. The number of allylic oxidation sites excluding steroid dienone is 1. The van der Waals surface area contributed by atoms with E-state index in [1.165, 1.54) is 6.20 Å². The molecular formula is C24H30ClN7O. The second kappa shape index (κ2) is 9.49. The summed E-state index contributed by atoms with van der Waals surface area (Å²) >= 11 is 6.00. The number of nitrogens with two attached hydrogens (primary N) is 1. The third kappa shape index (κ3) is 5.02. The van der Waals surface area contributed by atoms with Gasteiger partial charge in [-0.3, -0.25) is 19.8 Å². The summed E-state index contributed by atoms with van der Waals surface area (Å²) in [5, 5.41) is 0.427. The van der Waals surface area contributed by atoms with Crippen LogP contribution < -0.4 is 5.73 Å². The second-order valence-corrected chi connectivity index (χ2v) is 9.31. The molecule has 1 saturated carbocycles. The number of urea groups is 1. The van der Waals surface area contributed by atoms with Crippen LogP contribution >= 0.6 is 11.6 Å². The van der Waals surface area contributed by atoms with Crippen LogP contribution in [0.15, 0.2) is 47.9 Å². The minimum absolute atomic E-state index is 0.0310. The van der Waals surface area contributed by atoms with Gasteiger partial charge in [0.25, 0.3) is 0 Å². The van der Waals surface area contributed by atoms with Gasteiger partial charge in [0.05, 0.1) is 16.6 Å². The number of pyridine rings is 2. The zero-order chi connectivity index (χ0) is 23.6. The number of aromatic nitrogens is 2. The Balaban J connectivity index is 1.31. The van der Waals surface area contributed by atoms with E-state index in [2.05, 4.69) is 26.4 Å². The van der Waals surface area contributed by atoms with E-state index in [1.54, 1.807) is 37.5 Å². The van der Waals surface area contributed by atoms with Crippen LogP contribution in [-0.4, -0.2) is 82.7 Å². The van der Waals surface area contributed by atoms with Gasteiger partial charge in [0.1, 0.15) is 5.15 Å². The standard InChI is InChI=1S/C24H30ClN7O/c1-17-15-31(16-24(7-8-24)32(17)23(33)30(2)3)10-4-9-27-13-19(12-26)18-11-21-20(28-14-18)5-6-22(25)29-21/h5-6,11-14H,1,4,7-10,15-16,26H2,2-3H3. The minimum Gasteiger partial charge on any atom is -0.404 e. The molecule has 2 aromatic heterocycles. The van der Waals surface area contributed by atoms with Gasteiger partial charge >= 0.3 is 6.03 Å². The van der Waals surface area contributed by atoms with Crippen molar-refractivity contribution in [2.45, 2.75) is 24.8 Å². The molecule has 1 spiro atoms. The van der Waals surface area contributed by atoms with Crippen LogP contribution in [0.1, 0.15) is 24.8 Å². The molecule has 0 unspecified atom stereocenters. The molecule has 33 heavy (non-hydrogen) atoms. The summed E-state index contributed by atoms with van der Waals surface area (Å²) in [5.41, 5.74) is 9.77. The summed E-state index contributed by atoms with van der Waals surface area (Å²) in [7, 11) is 3.58. The lowest BCUT2D eigenvalue weighted by Gasteiger charge is -2.44. The molecule has 1 aliphatic carbocycles. The number of carbonyl (C=O) groups excluding carboxylic acids is 1. The topological polar surface area (TPSA) is 91.0 Å².